The summed E-state index contributed by atoms with van der Waals surface area (Å²) in [6.07, 6.45) is 0.641. The van der Waals surface area contributed by atoms with E-state index >= 15 is 0 Å². The molecule has 0 unspecified atom stereocenters. The van der Waals surface area contributed by atoms with Crippen molar-refractivity contribution < 1.29 is 14.3 Å². The molecule has 0 fully saturated rings. The average molecular weight is 305 g/mol. The van der Waals surface area contributed by atoms with Gasteiger partial charge in [-0.05, 0) is 26.0 Å². The Morgan fingerprint density at radius 3 is 2.57 bits per heavy atom. The Kier molecular flexibility index (Phi) is 4.54. The summed E-state index contributed by atoms with van der Waals surface area (Å²) in [5, 5.41) is 2.90. The minimum absolute atomic E-state index is 0.289. The highest BCUT2D eigenvalue weighted by Gasteiger charge is 2.17. The molecule has 2 rings (SSSR count). The standard InChI is InChI=1S/C14H15N3O3S/c1-8-3-5-10(6-4-8)20-9(2)13(19)17-14-16-7-11(21-14)12(15)18/h3-7,9H,1-2H3,(H2,15,18)(H,16,17,19)/t9-/m1/s1. The number of rotatable bonds is 5. The molecule has 1 aromatic heterocycles. The zero-order valence-electron chi connectivity index (χ0n) is 11.6. The van der Waals surface area contributed by atoms with Crippen molar-refractivity contribution in [3.05, 3.63) is 40.9 Å². The van der Waals surface area contributed by atoms with Crippen LogP contribution in [0, 0.1) is 6.92 Å². The van der Waals surface area contributed by atoms with Gasteiger partial charge in [0.05, 0.1) is 6.20 Å². The summed E-state index contributed by atoms with van der Waals surface area (Å²) in [4.78, 5) is 27.1. The molecule has 21 heavy (non-hydrogen) atoms. The number of nitrogens with two attached hydrogens (primary N) is 1. The highest BCUT2D eigenvalue weighted by molar-refractivity contribution is 7.17. The second-order valence-electron chi connectivity index (χ2n) is 4.46. The molecule has 2 amide bonds. The second kappa shape index (κ2) is 6.36. The van der Waals surface area contributed by atoms with E-state index in [9.17, 15) is 9.59 Å². The lowest BCUT2D eigenvalue weighted by molar-refractivity contribution is -0.122. The molecule has 0 spiro atoms. The van der Waals surface area contributed by atoms with Gasteiger partial charge in [0.2, 0.25) is 0 Å². The third-order valence-electron chi connectivity index (χ3n) is 2.68. The summed E-state index contributed by atoms with van der Waals surface area (Å²) < 4.78 is 5.53. The fraction of sp³-hybridized carbons (Fsp3) is 0.214. The molecular weight excluding hydrogens is 290 g/mol. The van der Waals surface area contributed by atoms with Crippen LogP contribution in [0.15, 0.2) is 30.5 Å². The first kappa shape index (κ1) is 15.0. The average Bonchev–Trinajstić information content (AvgIpc) is 2.90. The second-order valence-corrected chi connectivity index (χ2v) is 5.49. The highest BCUT2D eigenvalue weighted by atomic mass is 32.1. The van der Waals surface area contributed by atoms with Gasteiger partial charge in [-0.2, -0.15) is 0 Å². The fourth-order valence-corrected chi connectivity index (χ4v) is 2.20. The van der Waals surface area contributed by atoms with E-state index in [4.69, 9.17) is 10.5 Å². The summed E-state index contributed by atoms with van der Waals surface area (Å²) in [5.41, 5.74) is 6.24. The number of ether oxygens (including phenoxy) is 1. The van der Waals surface area contributed by atoms with Crippen molar-refractivity contribution in [3.8, 4) is 5.75 Å². The Labute approximate surface area is 125 Å². The van der Waals surface area contributed by atoms with Gasteiger partial charge in [-0.1, -0.05) is 29.0 Å². The van der Waals surface area contributed by atoms with Gasteiger partial charge in [0.15, 0.2) is 11.2 Å². The van der Waals surface area contributed by atoms with Crippen LogP contribution in [0.25, 0.3) is 0 Å². The lowest BCUT2D eigenvalue weighted by atomic mass is 10.2. The lowest BCUT2D eigenvalue weighted by Gasteiger charge is -2.13. The van der Waals surface area contributed by atoms with E-state index < -0.39 is 12.0 Å². The van der Waals surface area contributed by atoms with Crippen molar-refractivity contribution in [2.45, 2.75) is 20.0 Å². The van der Waals surface area contributed by atoms with E-state index in [1.807, 2.05) is 19.1 Å². The van der Waals surface area contributed by atoms with Crippen LogP contribution < -0.4 is 15.8 Å². The zero-order chi connectivity index (χ0) is 15.4. The molecule has 2 aromatic rings. The lowest BCUT2D eigenvalue weighted by Crippen LogP contribution is -2.30. The first-order valence-electron chi connectivity index (χ1n) is 6.25. The molecule has 6 nitrogen and oxygen atoms in total. The van der Waals surface area contributed by atoms with Crippen LogP contribution in [0.3, 0.4) is 0 Å². The van der Waals surface area contributed by atoms with E-state index in [0.717, 1.165) is 16.9 Å². The number of thiazole rings is 1. The number of aromatic nitrogens is 1. The number of hydrogen-bond acceptors (Lipinski definition) is 5. The molecule has 1 heterocycles. The number of anilines is 1. The van der Waals surface area contributed by atoms with Gasteiger partial charge in [-0.15, -0.1) is 0 Å². The molecule has 0 saturated heterocycles. The molecule has 0 aliphatic carbocycles. The van der Waals surface area contributed by atoms with Crippen LogP contribution in [-0.4, -0.2) is 22.9 Å². The predicted molar refractivity (Wildman–Crippen MR) is 80.5 cm³/mol. The van der Waals surface area contributed by atoms with Crippen LogP contribution >= 0.6 is 11.3 Å². The maximum absolute atomic E-state index is 12.0. The number of carbonyl (C=O) groups excluding carboxylic acids is 2. The fourth-order valence-electron chi connectivity index (χ4n) is 1.53. The van der Waals surface area contributed by atoms with Gasteiger partial charge in [-0.25, -0.2) is 4.98 Å². The van der Waals surface area contributed by atoms with Crippen molar-refractivity contribution in [2.75, 3.05) is 5.32 Å². The molecule has 0 aliphatic rings. The SMILES string of the molecule is Cc1ccc(O[C@H](C)C(=O)Nc2ncc(C(N)=O)s2)cc1. The van der Waals surface area contributed by atoms with Crippen LogP contribution in [0.4, 0.5) is 5.13 Å². The van der Waals surface area contributed by atoms with Crippen molar-refractivity contribution in [3.63, 3.8) is 0 Å². The van der Waals surface area contributed by atoms with Crippen LogP contribution in [0.1, 0.15) is 22.2 Å². The van der Waals surface area contributed by atoms with Crippen LogP contribution in [0.2, 0.25) is 0 Å². The molecular formula is C14H15N3O3S. The third kappa shape index (κ3) is 4.03. The Balaban J connectivity index is 1.95. The number of benzene rings is 1. The van der Waals surface area contributed by atoms with Gasteiger partial charge < -0.3 is 10.5 Å². The van der Waals surface area contributed by atoms with Crippen molar-refractivity contribution in [1.82, 2.24) is 4.98 Å². The predicted octanol–water partition coefficient (Wildman–Crippen LogP) is 1.96. The smallest absolute Gasteiger partial charge is 0.266 e. The van der Waals surface area contributed by atoms with Crippen molar-refractivity contribution in [2.24, 2.45) is 5.73 Å². The molecule has 3 N–H and O–H groups in total. The first-order valence-corrected chi connectivity index (χ1v) is 7.07. The number of carbonyl (C=O) groups is 2. The molecule has 0 saturated carbocycles. The van der Waals surface area contributed by atoms with E-state index in [0.29, 0.717) is 10.9 Å². The van der Waals surface area contributed by atoms with Crippen LogP contribution in [0.5, 0.6) is 5.75 Å². The number of primary amides is 1. The normalized spacial score (nSPS) is 11.7. The summed E-state index contributed by atoms with van der Waals surface area (Å²) >= 11 is 1.02. The maximum Gasteiger partial charge on any atom is 0.266 e. The van der Waals surface area contributed by atoms with E-state index in [-0.39, 0.29) is 10.8 Å². The van der Waals surface area contributed by atoms with Gasteiger partial charge >= 0.3 is 0 Å². The Bertz CT molecular complexity index is 652. The molecule has 1 aromatic carbocycles. The molecule has 0 radical (unpaired) electrons. The Morgan fingerprint density at radius 1 is 1.33 bits per heavy atom. The molecule has 0 bridgehead atoms. The van der Waals surface area contributed by atoms with Crippen molar-refractivity contribution >= 4 is 28.3 Å². The summed E-state index contributed by atoms with van der Waals surface area (Å²) in [6, 6.07) is 7.40. The molecule has 7 heteroatoms. The number of aryl methyl sites for hydroxylation is 1. The van der Waals surface area contributed by atoms with Gasteiger partial charge in [-0.3, -0.25) is 14.9 Å². The Hall–Kier alpha value is -2.41. The summed E-state index contributed by atoms with van der Waals surface area (Å²) in [6.45, 7) is 3.61. The number of amides is 2. The molecule has 110 valence electrons. The molecule has 0 aliphatic heterocycles. The van der Waals surface area contributed by atoms with Gasteiger partial charge in [0.1, 0.15) is 10.6 Å². The topological polar surface area (TPSA) is 94.3 Å². The number of nitrogens with zero attached hydrogens (tertiary/aromatic N) is 1. The number of hydrogen-bond donors (Lipinski definition) is 2. The summed E-state index contributed by atoms with van der Waals surface area (Å²) in [5.74, 6) is -0.307. The maximum atomic E-state index is 12.0. The summed E-state index contributed by atoms with van der Waals surface area (Å²) in [7, 11) is 0. The third-order valence-corrected chi connectivity index (χ3v) is 3.61. The van der Waals surface area contributed by atoms with Gasteiger partial charge in [0.25, 0.3) is 11.8 Å². The highest BCUT2D eigenvalue weighted by Crippen LogP contribution is 2.18. The largest absolute Gasteiger partial charge is 0.481 e. The Morgan fingerprint density at radius 2 is 2.00 bits per heavy atom. The van der Waals surface area contributed by atoms with Crippen molar-refractivity contribution in [1.29, 1.82) is 0 Å². The quantitative estimate of drug-likeness (QED) is 0.882. The van der Waals surface area contributed by atoms with Gasteiger partial charge in [0, 0.05) is 0 Å². The van der Waals surface area contributed by atoms with E-state index in [1.165, 1.54) is 6.20 Å². The number of nitrogens with one attached hydrogen (secondary N) is 1. The van der Waals surface area contributed by atoms with Crippen LogP contribution in [-0.2, 0) is 4.79 Å². The van der Waals surface area contributed by atoms with E-state index in [1.54, 1.807) is 19.1 Å². The zero-order valence-corrected chi connectivity index (χ0v) is 12.4. The minimum atomic E-state index is -0.686. The van der Waals surface area contributed by atoms with E-state index in [2.05, 4.69) is 10.3 Å². The minimum Gasteiger partial charge on any atom is -0.481 e. The first-order chi connectivity index (χ1) is 9.95. The molecule has 1 atom stereocenters. The monoisotopic (exact) mass is 305 g/mol.